The van der Waals surface area contributed by atoms with E-state index in [1.165, 1.54) is 38.5 Å². The lowest BCUT2D eigenvalue weighted by Crippen LogP contribution is -2.36. The van der Waals surface area contributed by atoms with Crippen LogP contribution >= 0.6 is 11.8 Å². The van der Waals surface area contributed by atoms with Crippen molar-refractivity contribution in [2.24, 2.45) is 4.99 Å². The van der Waals surface area contributed by atoms with Crippen LogP contribution in [0.25, 0.3) is 0 Å². The molecular weight excluding hydrogens is 216 g/mol. The summed E-state index contributed by atoms with van der Waals surface area (Å²) < 4.78 is 0. The van der Waals surface area contributed by atoms with Crippen molar-refractivity contribution in [2.45, 2.75) is 64.8 Å². The highest BCUT2D eigenvalue weighted by Gasteiger charge is 2.26. The minimum absolute atomic E-state index is 0.241. The van der Waals surface area contributed by atoms with Crippen LogP contribution in [0, 0.1) is 0 Å². The first-order valence-electron chi connectivity index (χ1n) is 6.59. The highest BCUT2D eigenvalue weighted by Crippen LogP contribution is 2.22. The molecule has 0 aromatic rings. The molecule has 0 radical (unpaired) electrons. The zero-order chi connectivity index (χ0) is 11.9. The van der Waals surface area contributed by atoms with Gasteiger partial charge in [0, 0.05) is 17.8 Å². The Labute approximate surface area is 105 Å². The molecule has 0 aromatic heterocycles. The van der Waals surface area contributed by atoms with Crippen LogP contribution in [0.1, 0.15) is 59.3 Å². The smallest absolute Gasteiger partial charge is 0.157 e. The Bertz CT molecular complexity index is 224. The zero-order valence-corrected chi connectivity index (χ0v) is 11.8. The van der Waals surface area contributed by atoms with Crippen LogP contribution in [0.5, 0.6) is 0 Å². The molecule has 1 N–H and O–H groups in total. The predicted octanol–water partition coefficient (Wildman–Crippen LogP) is 3.82. The maximum Gasteiger partial charge on any atom is 0.157 e. The van der Waals surface area contributed by atoms with Crippen molar-refractivity contribution in [3.63, 3.8) is 0 Å². The highest BCUT2D eigenvalue weighted by molar-refractivity contribution is 8.14. The molecule has 0 saturated carbocycles. The van der Waals surface area contributed by atoms with Crippen molar-refractivity contribution < 1.29 is 0 Å². The number of aliphatic imine (C=N–C) groups is 1. The summed E-state index contributed by atoms with van der Waals surface area (Å²) in [5, 5.41) is 4.61. The Morgan fingerprint density at radius 1 is 1.19 bits per heavy atom. The lowest BCUT2D eigenvalue weighted by Gasteiger charge is -2.15. The average Bonchev–Trinajstić information content (AvgIpc) is 2.57. The van der Waals surface area contributed by atoms with Crippen molar-refractivity contribution in [2.75, 3.05) is 12.3 Å². The first-order valence-corrected chi connectivity index (χ1v) is 7.58. The van der Waals surface area contributed by atoms with Crippen molar-refractivity contribution in [3.05, 3.63) is 0 Å². The number of amidine groups is 1. The third-order valence-corrected chi connectivity index (χ3v) is 4.15. The third kappa shape index (κ3) is 5.78. The number of nitrogens with one attached hydrogen (secondary N) is 1. The van der Waals surface area contributed by atoms with Gasteiger partial charge in [0.2, 0.25) is 0 Å². The first-order chi connectivity index (χ1) is 7.64. The van der Waals surface area contributed by atoms with E-state index in [9.17, 15) is 0 Å². The van der Waals surface area contributed by atoms with Gasteiger partial charge in [-0.05, 0) is 20.3 Å². The molecule has 94 valence electrons. The number of rotatable bonds is 7. The summed E-state index contributed by atoms with van der Waals surface area (Å²) in [7, 11) is 0. The predicted molar refractivity (Wildman–Crippen MR) is 75.4 cm³/mol. The van der Waals surface area contributed by atoms with Gasteiger partial charge >= 0.3 is 0 Å². The van der Waals surface area contributed by atoms with E-state index in [-0.39, 0.29) is 5.54 Å². The number of hydrogen-bond acceptors (Lipinski definition) is 2. The summed E-state index contributed by atoms with van der Waals surface area (Å²) in [6.07, 6.45) is 8.08. The van der Waals surface area contributed by atoms with Crippen molar-refractivity contribution in [1.82, 2.24) is 5.32 Å². The summed E-state index contributed by atoms with van der Waals surface area (Å²) in [5.74, 6) is 1.14. The molecule has 1 heterocycles. The molecule has 1 fully saturated rings. The van der Waals surface area contributed by atoms with Crippen LogP contribution in [0.15, 0.2) is 4.99 Å². The topological polar surface area (TPSA) is 24.4 Å². The molecule has 0 amide bonds. The number of hydrogen-bond donors (Lipinski definition) is 1. The summed E-state index contributed by atoms with van der Waals surface area (Å²) in [5.41, 5.74) is 0.241. The van der Waals surface area contributed by atoms with Gasteiger partial charge < -0.3 is 5.32 Å². The average molecular weight is 242 g/mol. The van der Waals surface area contributed by atoms with E-state index in [4.69, 9.17) is 0 Å². The minimum atomic E-state index is 0.241. The van der Waals surface area contributed by atoms with E-state index in [0.717, 1.165) is 17.5 Å². The SMILES string of the molecule is CCCCCCCCN=C1NC(C)(C)CS1. The molecular formula is C13H26N2S. The van der Waals surface area contributed by atoms with Gasteiger partial charge in [-0.3, -0.25) is 4.99 Å². The van der Waals surface area contributed by atoms with Gasteiger partial charge in [0.25, 0.3) is 0 Å². The molecule has 1 aliphatic heterocycles. The fraction of sp³-hybridized carbons (Fsp3) is 0.923. The zero-order valence-electron chi connectivity index (χ0n) is 11.0. The monoisotopic (exact) mass is 242 g/mol. The van der Waals surface area contributed by atoms with Gasteiger partial charge in [0.15, 0.2) is 5.17 Å². The molecule has 1 rings (SSSR count). The second kappa shape index (κ2) is 7.21. The second-order valence-corrected chi connectivity index (χ2v) is 6.22. The fourth-order valence-corrected chi connectivity index (χ4v) is 2.87. The van der Waals surface area contributed by atoms with E-state index in [0.29, 0.717) is 0 Å². The molecule has 0 spiro atoms. The summed E-state index contributed by atoms with van der Waals surface area (Å²) >= 11 is 1.86. The quantitative estimate of drug-likeness (QED) is 0.686. The van der Waals surface area contributed by atoms with Crippen molar-refractivity contribution in [3.8, 4) is 0 Å². The van der Waals surface area contributed by atoms with Gasteiger partial charge in [-0.25, -0.2) is 0 Å². The Morgan fingerprint density at radius 2 is 1.88 bits per heavy atom. The Balaban J connectivity index is 2.00. The fourth-order valence-electron chi connectivity index (χ4n) is 1.77. The molecule has 3 heteroatoms. The highest BCUT2D eigenvalue weighted by atomic mass is 32.2. The van der Waals surface area contributed by atoms with Crippen LogP contribution in [-0.4, -0.2) is 23.0 Å². The van der Waals surface area contributed by atoms with E-state index in [1.807, 2.05) is 11.8 Å². The standard InChI is InChI=1S/C13H26N2S/c1-4-5-6-7-8-9-10-14-12-15-13(2,3)11-16-12/h4-11H2,1-3H3,(H,14,15). The van der Waals surface area contributed by atoms with E-state index >= 15 is 0 Å². The third-order valence-electron chi connectivity index (χ3n) is 2.78. The molecule has 1 saturated heterocycles. The van der Waals surface area contributed by atoms with E-state index in [2.05, 4.69) is 31.1 Å². The van der Waals surface area contributed by atoms with Gasteiger partial charge in [0.05, 0.1) is 0 Å². The molecule has 1 aliphatic rings. The summed E-state index contributed by atoms with van der Waals surface area (Å²) in [4.78, 5) is 4.61. The van der Waals surface area contributed by atoms with E-state index in [1.54, 1.807) is 0 Å². The van der Waals surface area contributed by atoms with Crippen LogP contribution < -0.4 is 5.32 Å². The normalized spacial score (nSPS) is 21.3. The number of thioether (sulfide) groups is 1. The lowest BCUT2D eigenvalue weighted by atomic mass is 10.1. The number of unbranched alkanes of at least 4 members (excludes halogenated alkanes) is 5. The molecule has 0 atom stereocenters. The van der Waals surface area contributed by atoms with Gasteiger partial charge in [-0.2, -0.15) is 0 Å². The van der Waals surface area contributed by atoms with Crippen molar-refractivity contribution in [1.29, 1.82) is 0 Å². The maximum atomic E-state index is 4.61. The lowest BCUT2D eigenvalue weighted by molar-refractivity contribution is 0.535. The number of nitrogens with zero attached hydrogens (tertiary/aromatic N) is 1. The molecule has 0 bridgehead atoms. The van der Waals surface area contributed by atoms with Crippen LogP contribution in [-0.2, 0) is 0 Å². The Morgan fingerprint density at radius 3 is 2.50 bits per heavy atom. The molecule has 0 unspecified atom stereocenters. The van der Waals surface area contributed by atoms with Gasteiger partial charge in [0.1, 0.15) is 0 Å². The molecule has 2 nitrogen and oxygen atoms in total. The van der Waals surface area contributed by atoms with E-state index < -0.39 is 0 Å². The summed E-state index contributed by atoms with van der Waals surface area (Å²) in [6, 6.07) is 0. The van der Waals surface area contributed by atoms with Crippen LogP contribution in [0.4, 0.5) is 0 Å². The maximum absolute atomic E-state index is 4.61. The van der Waals surface area contributed by atoms with Crippen LogP contribution in [0.2, 0.25) is 0 Å². The molecule has 16 heavy (non-hydrogen) atoms. The second-order valence-electron chi connectivity index (χ2n) is 5.25. The molecule has 0 aromatic carbocycles. The summed E-state index contributed by atoms with van der Waals surface area (Å²) in [6.45, 7) is 7.72. The van der Waals surface area contributed by atoms with Crippen molar-refractivity contribution >= 4 is 16.9 Å². The largest absolute Gasteiger partial charge is 0.359 e. The van der Waals surface area contributed by atoms with Gasteiger partial charge in [-0.1, -0.05) is 50.8 Å². The molecule has 0 aliphatic carbocycles. The van der Waals surface area contributed by atoms with Gasteiger partial charge in [-0.15, -0.1) is 0 Å². The first kappa shape index (κ1) is 13.9. The minimum Gasteiger partial charge on any atom is -0.359 e. The Hall–Kier alpha value is -0.180. The Kier molecular flexibility index (Phi) is 6.25. The van der Waals surface area contributed by atoms with Crippen LogP contribution in [0.3, 0.4) is 0 Å².